The van der Waals surface area contributed by atoms with Gasteiger partial charge in [-0.2, -0.15) is 0 Å². The van der Waals surface area contributed by atoms with Crippen LogP contribution in [0.1, 0.15) is 16.1 Å². The molecule has 0 radical (unpaired) electrons. The van der Waals surface area contributed by atoms with Crippen LogP contribution in [-0.2, 0) is 0 Å². The van der Waals surface area contributed by atoms with E-state index in [1.807, 2.05) is 24.3 Å². The van der Waals surface area contributed by atoms with Gasteiger partial charge in [-0.3, -0.25) is 4.79 Å². The van der Waals surface area contributed by atoms with Gasteiger partial charge in [0.1, 0.15) is 5.58 Å². The van der Waals surface area contributed by atoms with Crippen molar-refractivity contribution in [2.75, 3.05) is 11.9 Å². The Kier molecular flexibility index (Phi) is 3.98. The third-order valence-electron chi connectivity index (χ3n) is 3.33. The first-order valence-electron chi connectivity index (χ1n) is 6.87. The summed E-state index contributed by atoms with van der Waals surface area (Å²) < 4.78 is 5.76. The summed E-state index contributed by atoms with van der Waals surface area (Å²) in [5.74, 6) is 0.116. The Morgan fingerprint density at radius 2 is 1.91 bits per heavy atom. The Bertz CT molecular complexity index is 834. The molecule has 3 rings (SSSR count). The first-order chi connectivity index (χ1) is 10.7. The minimum atomic E-state index is -0.181. The minimum Gasteiger partial charge on any atom is -0.450 e. The molecule has 0 aliphatic heterocycles. The Balaban J connectivity index is 2.10. The standard InChI is InChI=1S/C18H14ClNO2/c1-2-11-20-16-14-5-3-4-6-15(14)22-18(16)17(21)12-7-9-13(19)10-8-12/h2-10,20H,1,11H2. The van der Waals surface area contributed by atoms with Gasteiger partial charge >= 0.3 is 0 Å². The minimum absolute atomic E-state index is 0.181. The van der Waals surface area contributed by atoms with E-state index in [4.69, 9.17) is 16.0 Å². The monoisotopic (exact) mass is 311 g/mol. The molecule has 22 heavy (non-hydrogen) atoms. The second-order valence-electron chi connectivity index (χ2n) is 4.81. The Labute approximate surface area is 133 Å². The lowest BCUT2D eigenvalue weighted by atomic mass is 10.1. The molecule has 3 nitrogen and oxygen atoms in total. The third kappa shape index (κ3) is 2.63. The molecule has 0 fully saturated rings. The first-order valence-corrected chi connectivity index (χ1v) is 7.25. The summed E-state index contributed by atoms with van der Waals surface area (Å²) >= 11 is 5.87. The van der Waals surface area contributed by atoms with Gasteiger partial charge in [0.15, 0.2) is 5.76 Å². The van der Waals surface area contributed by atoms with Crippen molar-refractivity contribution in [2.45, 2.75) is 0 Å². The van der Waals surface area contributed by atoms with Crippen molar-refractivity contribution in [3.8, 4) is 0 Å². The highest BCUT2D eigenvalue weighted by atomic mass is 35.5. The van der Waals surface area contributed by atoms with Gasteiger partial charge in [-0.05, 0) is 36.4 Å². The number of nitrogens with one attached hydrogen (secondary N) is 1. The van der Waals surface area contributed by atoms with E-state index in [9.17, 15) is 4.79 Å². The van der Waals surface area contributed by atoms with Crippen molar-refractivity contribution in [1.29, 1.82) is 0 Å². The van der Waals surface area contributed by atoms with E-state index in [-0.39, 0.29) is 5.78 Å². The van der Waals surface area contributed by atoms with Gasteiger partial charge in [-0.15, -0.1) is 6.58 Å². The fourth-order valence-corrected chi connectivity index (χ4v) is 2.41. The summed E-state index contributed by atoms with van der Waals surface area (Å²) in [6, 6.07) is 14.3. The van der Waals surface area contributed by atoms with Crippen molar-refractivity contribution in [3.05, 3.63) is 77.5 Å². The number of halogens is 1. The van der Waals surface area contributed by atoms with Gasteiger partial charge in [0.05, 0.1) is 5.69 Å². The molecule has 0 saturated carbocycles. The van der Waals surface area contributed by atoms with E-state index >= 15 is 0 Å². The van der Waals surface area contributed by atoms with E-state index in [1.54, 1.807) is 30.3 Å². The van der Waals surface area contributed by atoms with E-state index in [2.05, 4.69) is 11.9 Å². The molecule has 0 saturated heterocycles. The molecule has 0 unspecified atom stereocenters. The fraction of sp³-hybridized carbons (Fsp3) is 0.0556. The van der Waals surface area contributed by atoms with Crippen LogP contribution in [0.2, 0.25) is 5.02 Å². The molecule has 110 valence electrons. The zero-order chi connectivity index (χ0) is 15.5. The number of carbonyl (C=O) groups excluding carboxylic acids is 1. The molecule has 0 bridgehead atoms. The first kappa shape index (κ1) is 14.4. The number of hydrogen-bond acceptors (Lipinski definition) is 3. The van der Waals surface area contributed by atoms with Crippen molar-refractivity contribution >= 4 is 34.0 Å². The Morgan fingerprint density at radius 1 is 1.18 bits per heavy atom. The molecule has 0 aliphatic rings. The highest BCUT2D eigenvalue weighted by Crippen LogP contribution is 2.32. The van der Waals surface area contributed by atoms with Crippen LogP contribution < -0.4 is 5.32 Å². The lowest BCUT2D eigenvalue weighted by molar-refractivity contribution is 0.101. The van der Waals surface area contributed by atoms with Crippen LogP contribution in [0.25, 0.3) is 11.0 Å². The van der Waals surface area contributed by atoms with Crippen LogP contribution in [-0.4, -0.2) is 12.3 Å². The zero-order valence-corrected chi connectivity index (χ0v) is 12.6. The molecule has 1 heterocycles. The molecule has 1 aromatic heterocycles. The number of rotatable bonds is 5. The Hall–Kier alpha value is -2.52. The van der Waals surface area contributed by atoms with Crippen molar-refractivity contribution in [3.63, 3.8) is 0 Å². The molecule has 1 N–H and O–H groups in total. The maximum atomic E-state index is 12.7. The van der Waals surface area contributed by atoms with Crippen LogP contribution >= 0.6 is 11.6 Å². The van der Waals surface area contributed by atoms with Crippen molar-refractivity contribution in [2.24, 2.45) is 0 Å². The third-order valence-corrected chi connectivity index (χ3v) is 3.58. The smallest absolute Gasteiger partial charge is 0.230 e. The maximum absolute atomic E-state index is 12.7. The number of benzene rings is 2. The van der Waals surface area contributed by atoms with Gasteiger partial charge in [-0.1, -0.05) is 29.8 Å². The second kappa shape index (κ2) is 6.08. The molecule has 2 aromatic carbocycles. The molecular formula is C18H14ClNO2. The summed E-state index contributed by atoms with van der Waals surface area (Å²) in [7, 11) is 0. The highest BCUT2D eigenvalue weighted by molar-refractivity contribution is 6.30. The van der Waals surface area contributed by atoms with Gasteiger partial charge in [0.25, 0.3) is 0 Å². The van der Waals surface area contributed by atoms with E-state index in [1.165, 1.54) is 0 Å². The van der Waals surface area contributed by atoms with Crippen LogP contribution in [0.15, 0.2) is 65.6 Å². The predicted molar refractivity (Wildman–Crippen MR) is 89.8 cm³/mol. The number of furan rings is 1. The Morgan fingerprint density at radius 3 is 2.64 bits per heavy atom. The zero-order valence-electron chi connectivity index (χ0n) is 11.8. The maximum Gasteiger partial charge on any atom is 0.230 e. The summed E-state index contributed by atoms with van der Waals surface area (Å²) in [5.41, 5.74) is 1.90. The molecule has 0 amide bonds. The quantitative estimate of drug-likeness (QED) is 0.537. The SMILES string of the molecule is C=CCNc1c(C(=O)c2ccc(Cl)cc2)oc2ccccc12. The summed E-state index contributed by atoms with van der Waals surface area (Å²) in [6.07, 6.45) is 1.73. The summed E-state index contributed by atoms with van der Waals surface area (Å²) in [5, 5.41) is 4.65. The topological polar surface area (TPSA) is 42.2 Å². The lowest BCUT2D eigenvalue weighted by Gasteiger charge is -2.04. The van der Waals surface area contributed by atoms with Gasteiger partial charge in [-0.25, -0.2) is 0 Å². The van der Waals surface area contributed by atoms with Crippen LogP contribution in [0.3, 0.4) is 0 Å². The summed E-state index contributed by atoms with van der Waals surface area (Å²) in [6.45, 7) is 4.24. The van der Waals surface area contributed by atoms with Crippen molar-refractivity contribution in [1.82, 2.24) is 0 Å². The van der Waals surface area contributed by atoms with E-state index in [0.29, 0.717) is 34.2 Å². The second-order valence-corrected chi connectivity index (χ2v) is 5.24. The lowest BCUT2D eigenvalue weighted by Crippen LogP contribution is -2.05. The van der Waals surface area contributed by atoms with E-state index in [0.717, 1.165) is 5.39 Å². The highest BCUT2D eigenvalue weighted by Gasteiger charge is 2.21. The largest absolute Gasteiger partial charge is 0.450 e. The number of ketones is 1. The molecule has 3 aromatic rings. The normalized spacial score (nSPS) is 10.6. The van der Waals surface area contributed by atoms with Crippen LogP contribution in [0, 0.1) is 0 Å². The number of fused-ring (bicyclic) bond motifs is 1. The van der Waals surface area contributed by atoms with E-state index < -0.39 is 0 Å². The average molecular weight is 312 g/mol. The number of anilines is 1. The number of carbonyl (C=O) groups is 1. The molecule has 0 aliphatic carbocycles. The van der Waals surface area contributed by atoms with Crippen LogP contribution in [0.4, 0.5) is 5.69 Å². The number of para-hydroxylation sites is 1. The summed E-state index contributed by atoms with van der Waals surface area (Å²) in [4.78, 5) is 12.7. The van der Waals surface area contributed by atoms with Gasteiger partial charge in [0.2, 0.25) is 5.78 Å². The molecule has 4 heteroatoms. The van der Waals surface area contributed by atoms with Gasteiger partial charge in [0, 0.05) is 22.5 Å². The molecule has 0 atom stereocenters. The molecule has 0 spiro atoms. The predicted octanol–water partition coefficient (Wildman–Crippen LogP) is 4.92. The van der Waals surface area contributed by atoms with Crippen molar-refractivity contribution < 1.29 is 9.21 Å². The fourth-order valence-electron chi connectivity index (χ4n) is 2.29. The number of hydrogen-bond donors (Lipinski definition) is 1. The average Bonchev–Trinajstić information content (AvgIpc) is 2.91. The molecular weight excluding hydrogens is 298 g/mol. The van der Waals surface area contributed by atoms with Crippen LogP contribution in [0.5, 0.6) is 0 Å². The van der Waals surface area contributed by atoms with Gasteiger partial charge < -0.3 is 9.73 Å².